The first-order chi connectivity index (χ1) is 5.74. The van der Waals surface area contributed by atoms with Gasteiger partial charge in [0.2, 0.25) is 5.91 Å². The first-order valence-electron chi connectivity index (χ1n) is 3.90. The second-order valence-corrected chi connectivity index (χ2v) is 2.59. The van der Waals surface area contributed by atoms with Crippen LogP contribution in [0.1, 0.15) is 12.5 Å². The molecule has 0 aromatic heterocycles. The van der Waals surface area contributed by atoms with Gasteiger partial charge in [0.05, 0.1) is 0 Å². The molecule has 1 amide bonds. The number of carbonyl (C=O) groups excluding carboxylic acids is 1. The van der Waals surface area contributed by atoms with E-state index in [1.54, 1.807) is 6.92 Å². The Labute approximate surface area is 72.6 Å². The first kappa shape index (κ1) is 8.78. The van der Waals surface area contributed by atoms with Crippen LogP contribution < -0.4 is 5.32 Å². The Hall–Kier alpha value is -1.31. The summed E-state index contributed by atoms with van der Waals surface area (Å²) in [6, 6.07) is 7.70. The number of rotatable bonds is 2. The third kappa shape index (κ3) is 2.09. The summed E-state index contributed by atoms with van der Waals surface area (Å²) < 4.78 is 0. The van der Waals surface area contributed by atoms with Gasteiger partial charge in [0.1, 0.15) is 0 Å². The number of benzene rings is 1. The van der Waals surface area contributed by atoms with Gasteiger partial charge in [-0.15, -0.1) is 0 Å². The number of amides is 1. The number of para-hydroxylation sites is 1. The predicted molar refractivity (Wildman–Crippen MR) is 49.8 cm³/mol. The smallest absolute Gasteiger partial charge is 0.228 e. The molecule has 0 aliphatic rings. The number of aryl methyl sites for hydroxylation is 1. The van der Waals surface area contributed by atoms with Gasteiger partial charge in [0.25, 0.3) is 0 Å². The van der Waals surface area contributed by atoms with Crippen LogP contribution in [0.25, 0.3) is 0 Å². The highest BCUT2D eigenvalue weighted by molar-refractivity contribution is 5.97. The molecule has 0 saturated heterocycles. The highest BCUT2D eigenvalue weighted by Gasteiger charge is 1.99. The summed E-state index contributed by atoms with van der Waals surface area (Å²) in [5.41, 5.74) is 1.95. The summed E-state index contributed by atoms with van der Waals surface area (Å²) in [7, 11) is 0. The van der Waals surface area contributed by atoms with Crippen molar-refractivity contribution in [2.45, 2.75) is 13.8 Å². The molecule has 2 nitrogen and oxygen atoms in total. The molecular weight excluding hydrogens is 150 g/mol. The Morgan fingerprint density at radius 1 is 1.42 bits per heavy atom. The SMILES string of the molecule is C[CH]C(=O)Nc1ccccc1C. The molecule has 0 atom stereocenters. The molecule has 1 aromatic rings. The molecule has 0 saturated carbocycles. The lowest BCUT2D eigenvalue weighted by Crippen LogP contribution is -2.10. The zero-order valence-electron chi connectivity index (χ0n) is 7.29. The van der Waals surface area contributed by atoms with E-state index in [9.17, 15) is 4.79 Å². The van der Waals surface area contributed by atoms with Crippen LogP contribution in [0.5, 0.6) is 0 Å². The summed E-state index contributed by atoms with van der Waals surface area (Å²) in [4.78, 5) is 11.0. The lowest BCUT2D eigenvalue weighted by molar-refractivity contribution is -0.113. The number of nitrogens with one attached hydrogen (secondary N) is 1. The van der Waals surface area contributed by atoms with Gasteiger partial charge in [-0.05, 0) is 18.6 Å². The summed E-state index contributed by atoms with van der Waals surface area (Å²) in [6.45, 7) is 3.68. The van der Waals surface area contributed by atoms with E-state index >= 15 is 0 Å². The lowest BCUT2D eigenvalue weighted by Gasteiger charge is -2.05. The van der Waals surface area contributed by atoms with E-state index in [2.05, 4.69) is 5.32 Å². The van der Waals surface area contributed by atoms with Crippen LogP contribution in [0.4, 0.5) is 5.69 Å². The van der Waals surface area contributed by atoms with Crippen LogP contribution in [-0.2, 0) is 4.79 Å². The van der Waals surface area contributed by atoms with Crippen LogP contribution >= 0.6 is 0 Å². The van der Waals surface area contributed by atoms with E-state index in [1.165, 1.54) is 6.42 Å². The third-order valence-corrected chi connectivity index (χ3v) is 1.67. The van der Waals surface area contributed by atoms with Crippen LogP contribution in [-0.4, -0.2) is 5.91 Å². The normalized spacial score (nSPS) is 9.50. The number of carbonyl (C=O) groups is 1. The van der Waals surface area contributed by atoms with Crippen molar-refractivity contribution in [3.05, 3.63) is 36.2 Å². The molecule has 1 aromatic carbocycles. The van der Waals surface area contributed by atoms with Crippen molar-refractivity contribution in [2.75, 3.05) is 5.32 Å². The second kappa shape index (κ2) is 3.90. The summed E-state index contributed by atoms with van der Waals surface area (Å²) >= 11 is 0. The molecule has 0 aliphatic heterocycles. The highest BCUT2D eigenvalue weighted by Crippen LogP contribution is 2.12. The van der Waals surface area contributed by atoms with E-state index < -0.39 is 0 Å². The lowest BCUT2D eigenvalue weighted by atomic mass is 10.2. The molecular formula is C10H12NO. The number of anilines is 1. The van der Waals surface area contributed by atoms with Crippen molar-refractivity contribution >= 4 is 11.6 Å². The molecule has 12 heavy (non-hydrogen) atoms. The average molecular weight is 162 g/mol. The van der Waals surface area contributed by atoms with Gasteiger partial charge in [-0.2, -0.15) is 0 Å². The zero-order valence-corrected chi connectivity index (χ0v) is 7.29. The molecule has 0 heterocycles. The van der Waals surface area contributed by atoms with Crippen molar-refractivity contribution in [3.63, 3.8) is 0 Å². The first-order valence-corrected chi connectivity index (χ1v) is 3.90. The fourth-order valence-electron chi connectivity index (χ4n) is 0.918. The maximum absolute atomic E-state index is 11.0. The Kier molecular flexibility index (Phi) is 2.86. The van der Waals surface area contributed by atoms with Gasteiger partial charge in [0.15, 0.2) is 0 Å². The molecule has 0 unspecified atom stereocenters. The molecule has 1 rings (SSSR count). The van der Waals surface area contributed by atoms with Crippen molar-refractivity contribution in [3.8, 4) is 0 Å². The van der Waals surface area contributed by atoms with E-state index in [0.717, 1.165) is 11.3 Å². The van der Waals surface area contributed by atoms with Crippen molar-refractivity contribution in [1.82, 2.24) is 0 Å². The Bertz CT molecular complexity index is 281. The standard InChI is InChI=1S/C10H12NO/c1-3-10(12)11-9-7-5-4-6-8(9)2/h3-7H,1-2H3,(H,11,12). The summed E-state index contributed by atoms with van der Waals surface area (Å²) in [5.74, 6) is -0.0655. The molecule has 0 bridgehead atoms. The van der Waals surface area contributed by atoms with Crippen LogP contribution in [0.15, 0.2) is 24.3 Å². The summed E-state index contributed by atoms with van der Waals surface area (Å²) in [6.07, 6.45) is 1.51. The molecule has 0 aliphatic carbocycles. The van der Waals surface area contributed by atoms with Crippen LogP contribution in [0.2, 0.25) is 0 Å². The fraction of sp³-hybridized carbons (Fsp3) is 0.200. The zero-order chi connectivity index (χ0) is 8.97. The Morgan fingerprint density at radius 2 is 2.08 bits per heavy atom. The number of hydrogen-bond acceptors (Lipinski definition) is 1. The Balaban J connectivity index is 2.75. The highest BCUT2D eigenvalue weighted by atomic mass is 16.1. The topological polar surface area (TPSA) is 29.1 Å². The molecule has 63 valence electrons. The van der Waals surface area contributed by atoms with E-state index in [0.29, 0.717) is 0 Å². The molecule has 0 fully saturated rings. The predicted octanol–water partition coefficient (Wildman–Crippen LogP) is 2.16. The van der Waals surface area contributed by atoms with E-state index in [4.69, 9.17) is 0 Å². The van der Waals surface area contributed by atoms with Gasteiger partial charge in [-0.3, -0.25) is 4.79 Å². The molecule has 1 N–H and O–H groups in total. The van der Waals surface area contributed by atoms with E-state index in [1.807, 2.05) is 31.2 Å². The van der Waals surface area contributed by atoms with Gasteiger partial charge in [-0.25, -0.2) is 0 Å². The maximum Gasteiger partial charge on any atom is 0.228 e. The van der Waals surface area contributed by atoms with Gasteiger partial charge in [-0.1, -0.05) is 25.1 Å². The van der Waals surface area contributed by atoms with Crippen LogP contribution in [0, 0.1) is 13.3 Å². The molecule has 2 heteroatoms. The van der Waals surface area contributed by atoms with Crippen molar-refractivity contribution in [2.24, 2.45) is 0 Å². The largest absolute Gasteiger partial charge is 0.326 e. The van der Waals surface area contributed by atoms with Gasteiger partial charge >= 0.3 is 0 Å². The second-order valence-electron chi connectivity index (χ2n) is 2.59. The van der Waals surface area contributed by atoms with E-state index in [-0.39, 0.29) is 5.91 Å². The average Bonchev–Trinajstić information content (AvgIpc) is 2.09. The van der Waals surface area contributed by atoms with Gasteiger partial charge < -0.3 is 5.32 Å². The minimum Gasteiger partial charge on any atom is -0.326 e. The quantitative estimate of drug-likeness (QED) is 0.709. The van der Waals surface area contributed by atoms with Crippen LogP contribution in [0.3, 0.4) is 0 Å². The molecule has 1 radical (unpaired) electrons. The monoisotopic (exact) mass is 162 g/mol. The minimum absolute atomic E-state index is 0.0655. The molecule has 0 spiro atoms. The Morgan fingerprint density at radius 3 is 2.67 bits per heavy atom. The third-order valence-electron chi connectivity index (χ3n) is 1.67. The number of hydrogen-bond donors (Lipinski definition) is 1. The summed E-state index contributed by atoms with van der Waals surface area (Å²) in [5, 5.41) is 2.77. The van der Waals surface area contributed by atoms with Gasteiger partial charge in [0, 0.05) is 12.1 Å². The fourth-order valence-corrected chi connectivity index (χ4v) is 0.918. The maximum atomic E-state index is 11.0. The van der Waals surface area contributed by atoms with Crippen molar-refractivity contribution in [1.29, 1.82) is 0 Å². The minimum atomic E-state index is -0.0655. The van der Waals surface area contributed by atoms with Crippen molar-refractivity contribution < 1.29 is 4.79 Å².